The lowest BCUT2D eigenvalue weighted by Crippen LogP contribution is -1.91. The Hall–Kier alpha value is -1.77. The third-order valence-corrected chi connectivity index (χ3v) is 3.45. The van der Waals surface area contributed by atoms with Gasteiger partial charge in [0.15, 0.2) is 0 Å². The van der Waals surface area contributed by atoms with Crippen molar-refractivity contribution in [2.24, 2.45) is 0 Å². The van der Waals surface area contributed by atoms with Gasteiger partial charge < -0.3 is 9.15 Å². The summed E-state index contributed by atoms with van der Waals surface area (Å²) < 4.78 is 11.0. The lowest BCUT2D eigenvalue weighted by atomic mass is 10.0. The lowest BCUT2D eigenvalue weighted by molar-refractivity contribution is 0.185. The van der Waals surface area contributed by atoms with Crippen LogP contribution in [0.3, 0.4) is 0 Å². The normalized spacial score (nSPS) is 11.1. The molecule has 0 aliphatic heterocycles. The van der Waals surface area contributed by atoms with Crippen LogP contribution in [-0.2, 0) is 11.3 Å². The zero-order valence-corrected chi connectivity index (χ0v) is 11.3. The summed E-state index contributed by atoms with van der Waals surface area (Å²) in [5.41, 5.74) is 2.11. The summed E-state index contributed by atoms with van der Waals surface area (Å²) in [5.74, 6) is 0.799. The van der Waals surface area contributed by atoms with Gasteiger partial charge in [-0.05, 0) is 11.6 Å². The standard InChI is InChI=1S/C16H13ClO2/c1-18-9-11-5-2-3-7-13(11)16-15-12(10-19-16)6-4-8-14(15)17/h2-8,10H,9H2,1H3. The number of ether oxygens (including phenoxy) is 1. The first-order chi connectivity index (χ1) is 9.31. The molecule has 0 spiro atoms. The van der Waals surface area contributed by atoms with Crippen molar-refractivity contribution >= 4 is 22.4 Å². The van der Waals surface area contributed by atoms with Crippen LogP contribution in [0.1, 0.15) is 5.56 Å². The van der Waals surface area contributed by atoms with Gasteiger partial charge in [-0.1, -0.05) is 48.0 Å². The average Bonchev–Trinajstić information content (AvgIpc) is 2.85. The number of hydrogen-bond donors (Lipinski definition) is 0. The Balaban J connectivity index is 2.25. The number of rotatable bonds is 3. The molecule has 2 aromatic carbocycles. The Bertz CT molecular complexity index is 716. The number of halogens is 1. The first kappa shape index (κ1) is 12.3. The fourth-order valence-electron chi connectivity index (χ4n) is 2.28. The molecule has 0 aliphatic carbocycles. The molecule has 0 fully saturated rings. The van der Waals surface area contributed by atoms with Crippen LogP contribution in [0, 0.1) is 0 Å². The molecule has 1 heterocycles. The fourth-order valence-corrected chi connectivity index (χ4v) is 2.55. The second-order valence-electron chi connectivity index (χ2n) is 4.36. The quantitative estimate of drug-likeness (QED) is 0.677. The van der Waals surface area contributed by atoms with E-state index in [4.69, 9.17) is 20.8 Å². The number of methoxy groups -OCH3 is 1. The van der Waals surface area contributed by atoms with Gasteiger partial charge in [-0.25, -0.2) is 0 Å². The van der Waals surface area contributed by atoms with Crippen molar-refractivity contribution in [2.45, 2.75) is 6.61 Å². The lowest BCUT2D eigenvalue weighted by Gasteiger charge is -2.07. The molecule has 0 unspecified atom stereocenters. The van der Waals surface area contributed by atoms with E-state index in [2.05, 4.69) is 0 Å². The number of fused-ring (bicyclic) bond motifs is 1. The number of benzene rings is 2. The minimum absolute atomic E-state index is 0.544. The fraction of sp³-hybridized carbons (Fsp3) is 0.125. The molecule has 0 radical (unpaired) electrons. The smallest absolute Gasteiger partial charge is 0.143 e. The summed E-state index contributed by atoms with van der Waals surface area (Å²) >= 11 is 6.29. The molecule has 0 saturated carbocycles. The van der Waals surface area contributed by atoms with Crippen LogP contribution in [0.15, 0.2) is 53.1 Å². The Labute approximate surface area is 116 Å². The summed E-state index contributed by atoms with van der Waals surface area (Å²) in [6.45, 7) is 0.544. The molecule has 19 heavy (non-hydrogen) atoms. The molecule has 0 bridgehead atoms. The van der Waals surface area contributed by atoms with E-state index in [1.807, 2.05) is 42.5 Å². The molecule has 0 amide bonds. The third-order valence-electron chi connectivity index (χ3n) is 3.14. The van der Waals surface area contributed by atoms with E-state index in [1.165, 1.54) is 0 Å². The molecule has 0 saturated heterocycles. The summed E-state index contributed by atoms with van der Waals surface area (Å²) in [5, 5.41) is 2.66. The van der Waals surface area contributed by atoms with Crippen LogP contribution in [0.5, 0.6) is 0 Å². The highest BCUT2D eigenvalue weighted by Gasteiger charge is 2.14. The zero-order valence-electron chi connectivity index (χ0n) is 10.5. The van der Waals surface area contributed by atoms with Crippen LogP contribution < -0.4 is 0 Å². The maximum Gasteiger partial charge on any atom is 0.143 e. The van der Waals surface area contributed by atoms with Crippen molar-refractivity contribution < 1.29 is 9.15 Å². The van der Waals surface area contributed by atoms with Crippen LogP contribution in [0.25, 0.3) is 22.1 Å². The van der Waals surface area contributed by atoms with Crippen molar-refractivity contribution in [1.29, 1.82) is 0 Å². The van der Waals surface area contributed by atoms with Gasteiger partial charge in [0.25, 0.3) is 0 Å². The van der Waals surface area contributed by atoms with Crippen molar-refractivity contribution in [3.05, 3.63) is 59.3 Å². The van der Waals surface area contributed by atoms with Gasteiger partial charge in [0.1, 0.15) is 5.76 Å². The molecule has 3 heteroatoms. The average molecular weight is 273 g/mol. The summed E-state index contributed by atoms with van der Waals surface area (Å²) in [7, 11) is 1.68. The maximum atomic E-state index is 6.29. The highest BCUT2D eigenvalue weighted by atomic mass is 35.5. The minimum Gasteiger partial charge on any atom is -0.463 e. The largest absolute Gasteiger partial charge is 0.463 e. The number of hydrogen-bond acceptors (Lipinski definition) is 2. The van der Waals surface area contributed by atoms with E-state index in [1.54, 1.807) is 13.4 Å². The van der Waals surface area contributed by atoms with E-state index >= 15 is 0 Å². The van der Waals surface area contributed by atoms with Crippen LogP contribution in [0.2, 0.25) is 5.02 Å². The van der Waals surface area contributed by atoms with Gasteiger partial charge >= 0.3 is 0 Å². The molecule has 0 aliphatic rings. The van der Waals surface area contributed by atoms with Gasteiger partial charge in [-0.15, -0.1) is 0 Å². The van der Waals surface area contributed by atoms with Gasteiger partial charge in [0.2, 0.25) is 0 Å². The van der Waals surface area contributed by atoms with Gasteiger partial charge in [0, 0.05) is 23.4 Å². The molecule has 96 valence electrons. The first-order valence-electron chi connectivity index (χ1n) is 6.04. The summed E-state index contributed by atoms with van der Waals surface area (Å²) in [4.78, 5) is 0. The highest BCUT2D eigenvalue weighted by Crippen LogP contribution is 2.36. The predicted octanol–water partition coefficient (Wildman–Crippen LogP) is 4.90. The second kappa shape index (κ2) is 5.08. The minimum atomic E-state index is 0.544. The molecule has 0 atom stereocenters. The van der Waals surface area contributed by atoms with E-state index < -0.39 is 0 Å². The molecule has 3 aromatic rings. The molecular weight excluding hydrogens is 260 g/mol. The highest BCUT2D eigenvalue weighted by molar-refractivity contribution is 6.36. The Morgan fingerprint density at radius 1 is 1.11 bits per heavy atom. The van der Waals surface area contributed by atoms with Gasteiger partial charge in [-0.2, -0.15) is 0 Å². The van der Waals surface area contributed by atoms with E-state index in [-0.39, 0.29) is 0 Å². The molecule has 3 rings (SSSR count). The molecular formula is C16H13ClO2. The van der Waals surface area contributed by atoms with E-state index in [9.17, 15) is 0 Å². The first-order valence-corrected chi connectivity index (χ1v) is 6.42. The van der Waals surface area contributed by atoms with Crippen molar-refractivity contribution in [2.75, 3.05) is 7.11 Å². The van der Waals surface area contributed by atoms with Crippen molar-refractivity contribution in [3.8, 4) is 11.3 Å². The van der Waals surface area contributed by atoms with Crippen LogP contribution in [-0.4, -0.2) is 7.11 Å². The zero-order chi connectivity index (χ0) is 13.2. The second-order valence-corrected chi connectivity index (χ2v) is 4.77. The van der Waals surface area contributed by atoms with Crippen LogP contribution >= 0.6 is 11.6 Å². The van der Waals surface area contributed by atoms with Gasteiger partial charge in [-0.3, -0.25) is 0 Å². The van der Waals surface area contributed by atoms with Crippen molar-refractivity contribution in [1.82, 2.24) is 0 Å². The van der Waals surface area contributed by atoms with Gasteiger partial charge in [0.05, 0.1) is 17.9 Å². The van der Waals surface area contributed by atoms with E-state index in [0.29, 0.717) is 11.6 Å². The Kier molecular flexibility index (Phi) is 3.28. The molecule has 2 nitrogen and oxygen atoms in total. The molecule has 0 N–H and O–H groups in total. The van der Waals surface area contributed by atoms with Crippen LogP contribution in [0.4, 0.5) is 0 Å². The Morgan fingerprint density at radius 2 is 1.95 bits per heavy atom. The Morgan fingerprint density at radius 3 is 2.79 bits per heavy atom. The molecule has 1 aromatic heterocycles. The monoisotopic (exact) mass is 272 g/mol. The maximum absolute atomic E-state index is 6.29. The van der Waals surface area contributed by atoms with E-state index in [0.717, 1.165) is 27.7 Å². The predicted molar refractivity (Wildman–Crippen MR) is 77.4 cm³/mol. The topological polar surface area (TPSA) is 22.4 Å². The summed E-state index contributed by atoms with van der Waals surface area (Å²) in [6, 6.07) is 13.8. The number of furan rings is 1. The SMILES string of the molecule is COCc1ccccc1-c1occ2cccc(Cl)c12. The van der Waals surface area contributed by atoms with Crippen molar-refractivity contribution in [3.63, 3.8) is 0 Å². The summed E-state index contributed by atoms with van der Waals surface area (Å²) in [6.07, 6.45) is 1.74. The third kappa shape index (κ3) is 2.14.